The number of carbonyl (C=O) groups is 2. The van der Waals surface area contributed by atoms with Gasteiger partial charge in [-0.3, -0.25) is 14.9 Å². The highest BCUT2D eigenvalue weighted by atomic mass is 16.6. The van der Waals surface area contributed by atoms with Crippen LogP contribution in [0.5, 0.6) is 0 Å². The van der Waals surface area contributed by atoms with Crippen LogP contribution in [0.15, 0.2) is 57.7 Å². The van der Waals surface area contributed by atoms with Gasteiger partial charge in [0, 0.05) is 23.1 Å². The van der Waals surface area contributed by atoms with Crippen LogP contribution in [0.25, 0.3) is 11.0 Å². The lowest BCUT2D eigenvalue weighted by molar-refractivity contribution is -0.384. The molecule has 0 aliphatic rings. The van der Waals surface area contributed by atoms with Crippen molar-refractivity contribution in [2.75, 3.05) is 0 Å². The largest absolute Gasteiger partial charge is 0.450 e. The number of nitrogens with zero attached hydrogens (tertiary/aromatic N) is 1. The molecule has 28 heavy (non-hydrogen) atoms. The summed E-state index contributed by atoms with van der Waals surface area (Å²) >= 11 is 0. The molecule has 0 saturated heterocycles. The van der Waals surface area contributed by atoms with Crippen molar-refractivity contribution in [1.29, 1.82) is 0 Å². The summed E-state index contributed by atoms with van der Waals surface area (Å²) in [5.41, 5.74) is -0.187. The van der Waals surface area contributed by atoms with Crippen LogP contribution in [0.4, 0.5) is 5.69 Å². The van der Waals surface area contributed by atoms with E-state index >= 15 is 0 Å². The molecule has 3 aromatic rings. The minimum atomic E-state index is -1.13. The van der Waals surface area contributed by atoms with Gasteiger partial charge in [-0.2, -0.15) is 0 Å². The van der Waals surface area contributed by atoms with Crippen LogP contribution in [0, 0.1) is 17.0 Å². The fourth-order valence-corrected chi connectivity index (χ4v) is 2.60. The summed E-state index contributed by atoms with van der Waals surface area (Å²) in [6.45, 7) is 3.27. The third kappa shape index (κ3) is 3.80. The number of fused-ring (bicyclic) bond motifs is 1. The lowest BCUT2D eigenvalue weighted by Gasteiger charge is -2.12. The molecule has 0 spiro atoms. The first-order chi connectivity index (χ1) is 13.3. The number of Topliss-reactive ketones (excluding diaryl/α,β-unsaturated/α-hetero) is 1. The first-order valence-electron chi connectivity index (χ1n) is 8.30. The zero-order chi connectivity index (χ0) is 20.4. The number of nitro benzene ring substituents is 1. The molecule has 0 unspecified atom stereocenters. The Bertz CT molecular complexity index is 1150. The Hall–Kier alpha value is -3.81. The van der Waals surface area contributed by atoms with E-state index in [9.17, 15) is 24.5 Å². The van der Waals surface area contributed by atoms with Crippen molar-refractivity contribution in [3.63, 3.8) is 0 Å². The zero-order valence-corrected chi connectivity index (χ0v) is 15.0. The molecule has 3 rings (SSSR count). The zero-order valence-electron chi connectivity index (χ0n) is 15.0. The van der Waals surface area contributed by atoms with Crippen LogP contribution < -0.4 is 5.63 Å². The molecule has 1 heterocycles. The van der Waals surface area contributed by atoms with E-state index in [-0.39, 0.29) is 16.7 Å². The molecule has 8 heteroatoms. The van der Waals surface area contributed by atoms with Gasteiger partial charge in [0.1, 0.15) is 11.1 Å². The number of hydrogen-bond acceptors (Lipinski definition) is 7. The maximum Gasteiger partial charge on any atom is 0.351 e. The van der Waals surface area contributed by atoms with Crippen molar-refractivity contribution in [3.05, 3.63) is 85.8 Å². The van der Waals surface area contributed by atoms with Gasteiger partial charge in [0.15, 0.2) is 6.10 Å². The normalized spacial score (nSPS) is 11.8. The van der Waals surface area contributed by atoms with E-state index in [1.54, 1.807) is 24.3 Å². The number of aryl methyl sites for hydroxylation is 1. The predicted molar refractivity (Wildman–Crippen MR) is 99.5 cm³/mol. The van der Waals surface area contributed by atoms with E-state index < -0.39 is 34.0 Å². The van der Waals surface area contributed by atoms with Crippen molar-refractivity contribution >= 4 is 28.4 Å². The molecule has 0 bridgehead atoms. The number of carbonyl (C=O) groups excluding carboxylic acids is 2. The maximum atomic E-state index is 12.4. The van der Waals surface area contributed by atoms with E-state index in [0.29, 0.717) is 5.56 Å². The molecule has 2 aromatic carbocycles. The van der Waals surface area contributed by atoms with Crippen LogP contribution >= 0.6 is 0 Å². The Labute approximate surface area is 158 Å². The van der Waals surface area contributed by atoms with Gasteiger partial charge < -0.3 is 9.15 Å². The van der Waals surface area contributed by atoms with Crippen LogP contribution in [-0.4, -0.2) is 22.8 Å². The molecule has 0 fully saturated rings. The molecular weight excluding hydrogens is 366 g/mol. The SMILES string of the molecule is Cc1ccc(C(=O)[C@@H](C)OC(=O)c2cc3cc([N+](=O)[O-])ccc3oc2=O)cc1. The monoisotopic (exact) mass is 381 g/mol. The second-order valence-electron chi connectivity index (χ2n) is 6.20. The molecule has 1 aromatic heterocycles. The van der Waals surface area contributed by atoms with Crippen LogP contribution in [-0.2, 0) is 4.74 Å². The highest BCUT2D eigenvalue weighted by Gasteiger charge is 2.23. The summed E-state index contributed by atoms with van der Waals surface area (Å²) in [6.07, 6.45) is -1.13. The van der Waals surface area contributed by atoms with Crippen molar-refractivity contribution in [2.24, 2.45) is 0 Å². The van der Waals surface area contributed by atoms with E-state index in [1.165, 1.54) is 25.1 Å². The summed E-state index contributed by atoms with van der Waals surface area (Å²) in [6, 6.07) is 11.5. The molecule has 1 atom stereocenters. The van der Waals surface area contributed by atoms with Gasteiger partial charge in [0.05, 0.1) is 4.92 Å². The van der Waals surface area contributed by atoms with Gasteiger partial charge >= 0.3 is 11.6 Å². The number of esters is 1. The molecule has 142 valence electrons. The van der Waals surface area contributed by atoms with Crippen LogP contribution in [0.1, 0.15) is 33.2 Å². The molecule has 0 aliphatic heterocycles. The number of ether oxygens (including phenoxy) is 1. The highest BCUT2D eigenvalue weighted by molar-refractivity contribution is 6.01. The van der Waals surface area contributed by atoms with Crippen molar-refractivity contribution in [3.8, 4) is 0 Å². The van der Waals surface area contributed by atoms with E-state index in [1.807, 2.05) is 6.92 Å². The molecule has 0 radical (unpaired) electrons. The Morgan fingerprint density at radius 1 is 1.11 bits per heavy atom. The maximum absolute atomic E-state index is 12.4. The topological polar surface area (TPSA) is 117 Å². The summed E-state index contributed by atoms with van der Waals surface area (Å²) in [7, 11) is 0. The van der Waals surface area contributed by atoms with Gasteiger partial charge in [-0.1, -0.05) is 29.8 Å². The lowest BCUT2D eigenvalue weighted by Crippen LogP contribution is -2.27. The smallest absolute Gasteiger partial charge is 0.351 e. The average molecular weight is 381 g/mol. The average Bonchev–Trinajstić information content (AvgIpc) is 2.66. The third-order valence-electron chi connectivity index (χ3n) is 4.14. The Morgan fingerprint density at radius 3 is 2.43 bits per heavy atom. The van der Waals surface area contributed by atoms with Gasteiger partial charge in [-0.05, 0) is 26.0 Å². The number of ketones is 1. The molecule has 0 amide bonds. The summed E-state index contributed by atoms with van der Waals surface area (Å²) < 4.78 is 10.1. The molecule has 0 N–H and O–H groups in total. The number of benzene rings is 2. The van der Waals surface area contributed by atoms with Gasteiger partial charge in [-0.25, -0.2) is 9.59 Å². The molecule has 0 saturated carbocycles. The van der Waals surface area contributed by atoms with Crippen LogP contribution in [0.2, 0.25) is 0 Å². The minimum Gasteiger partial charge on any atom is -0.450 e. The Morgan fingerprint density at radius 2 is 1.79 bits per heavy atom. The second kappa shape index (κ2) is 7.43. The summed E-state index contributed by atoms with van der Waals surface area (Å²) in [5.74, 6) is -1.47. The predicted octanol–water partition coefficient (Wildman–Crippen LogP) is 3.44. The number of hydrogen-bond donors (Lipinski definition) is 0. The van der Waals surface area contributed by atoms with Gasteiger partial charge in [0.2, 0.25) is 5.78 Å². The first-order valence-corrected chi connectivity index (χ1v) is 8.30. The molecule has 0 aliphatic carbocycles. The van der Waals surface area contributed by atoms with Gasteiger partial charge in [-0.15, -0.1) is 0 Å². The van der Waals surface area contributed by atoms with E-state index in [2.05, 4.69) is 0 Å². The minimum absolute atomic E-state index is 0.0935. The molecule has 8 nitrogen and oxygen atoms in total. The second-order valence-corrected chi connectivity index (χ2v) is 6.20. The van der Waals surface area contributed by atoms with Crippen LogP contribution in [0.3, 0.4) is 0 Å². The Kier molecular flexibility index (Phi) is 5.04. The fourth-order valence-electron chi connectivity index (χ4n) is 2.60. The lowest BCUT2D eigenvalue weighted by atomic mass is 10.1. The molecular formula is C20H15NO7. The number of rotatable bonds is 5. The number of nitro groups is 1. The highest BCUT2D eigenvalue weighted by Crippen LogP contribution is 2.21. The quantitative estimate of drug-likeness (QED) is 0.218. The van der Waals surface area contributed by atoms with E-state index in [0.717, 1.165) is 11.6 Å². The third-order valence-corrected chi connectivity index (χ3v) is 4.14. The fraction of sp³-hybridized carbons (Fsp3) is 0.150. The van der Waals surface area contributed by atoms with Gasteiger partial charge in [0.25, 0.3) is 5.69 Å². The van der Waals surface area contributed by atoms with Crippen molar-refractivity contribution in [2.45, 2.75) is 20.0 Å². The van der Waals surface area contributed by atoms with E-state index in [4.69, 9.17) is 9.15 Å². The van der Waals surface area contributed by atoms with Crippen molar-refractivity contribution in [1.82, 2.24) is 0 Å². The van der Waals surface area contributed by atoms with Crippen molar-refractivity contribution < 1.29 is 23.7 Å². The standard InChI is InChI=1S/C20H15NO7/c1-11-3-5-13(6-4-11)18(22)12(2)27-19(23)16-10-14-9-15(21(25)26)7-8-17(14)28-20(16)24/h3-10,12H,1-2H3/t12-/m1/s1. The summed E-state index contributed by atoms with van der Waals surface area (Å²) in [4.78, 5) is 47.1. The first kappa shape index (κ1) is 19.0. The number of non-ortho nitro benzene ring substituents is 1. The Balaban J connectivity index is 1.86. The summed E-state index contributed by atoms with van der Waals surface area (Å²) in [5, 5.41) is 11.1.